The van der Waals surface area contributed by atoms with Gasteiger partial charge in [-0.15, -0.1) is 0 Å². The van der Waals surface area contributed by atoms with Gasteiger partial charge in [-0.3, -0.25) is 4.90 Å². The number of rotatable bonds is 8. The third-order valence-electron chi connectivity index (χ3n) is 3.49. The van der Waals surface area contributed by atoms with Gasteiger partial charge in [0, 0.05) is 23.6 Å². The molecule has 0 saturated carbocycles. The van der Waals surface area contributed by atoms with Gasteiger partial charge in [0.2, 0.25) is 0 Å². The van der Waals surface area contributed by atoms with Crippen LogP contribution >= 0.6 is 15.9 Å². The number of halogens is 1. The molecule has 0 amide bonds. The van der Waals surface area contributed by atoms with Crippen LogP contribution in [0.3, 0.4) is 0 Å². The average molecular weight is 327 g/mol. The Balaban J connectivity index is 2.61. The van der Waals surface area contributed by atoms with Gasteiger partial charge in [-0.25, -0.2) is 0 Å². The van der Waals surface area contributed by atoms with Crippen LogP contribution in [0.15, 0.2) is 28.7 Å². The van der Waals surface area contributed by atoms with E-state index in [4.69, 9.17) is 0 Å². The zero-order valence-electron chi connectivity index (χ0n) is 12.6. The third kappa shape index (κ3) is 5.64. The van der Waals surface area contributed by atoms with E-state index in [0.29, 0.717) is 12.0 Å². The molecule has 1 N–H and O–H groups in total. The standard InChI is InChI=1S/C16H27BrN2/c1-5-10-18-11-16(13(2)3)19(4)12-14-8-6-7-9-15(14)17/h6-9,13,16,18H,5,10-12H2,1-4H3. The number of nitrogens with zero attached hydrogens (tertiary/aromatic N) is 1. The maximum Gasteiger partial charge on any atom is 0.0245 e. The molecule has 0 spiro atoms. The Bertz CT molecular complexity index is 366. The van der Waals surface area contributed by atoms with Crippen LogP contribution in [0.4, 0.5) is 0 Å². The van der Waals surface area contributed by atoms with Crippen LogP contribution in [-0.4, -0.2) is 31.1 Å². The summed E-state index contributed by atoms with van der Waals surface area (Å²) in [6.07, 6.45) is 1.19. The van der Waals surface area contributed by atoms with Crippen molar-refractivity contribution in [3.8, 4) is 0 Å². The second kappa shape index (κ2) is 8.72. The van der Waals surface area contributed by atoms with Gasteiger partial charge in [-0.1, -0.05) is 54.9 Å². The van der Waals surface area contributed by atoms with Crippen molar-refractivity contribution in [2.75, 3.05) is 20.1 Å². The summed E-state index contributed by atoms with van der Waals surface area (Å²) >= 11 is 3.63. The first-order chi connectivity index (χ1) is 9.06. The Hall–Kier alpha value is -0.380. The highest BCUT2D eigenvalue weighted by Gasteiger charge is 2.18. The molecule has 1 aromatic carbocycles. The molecule has 0 saturated heterocycles. The van der Waals surface area contributed by atoms with E-state index in [2.05, 4.69) is 78.2 Å². The molecule has 0 fully saturated rings. The molecule has 0 aliphatic carbocycles. The summed E-state index contributed by atoms with van der Waals surface area (Å²) in [6.45, 7) is 9.96. The fourth-order valence-electron chi connectivity index (χ4n) is 2.34. The number of hydrogen-bond acceptors (Lipinski definition) is 2. The highest BCUT2D eigenvalue weighted by atomic mass is 79.9. The Labute approximate surface area is 126 Å². The Morgan fingerprint density at radius 3 is 2.53 bits per heavy atom. The van der Waals surface area contributed by atoms with Crippen LogP contribution in [0.25, 0.3) is 0 Å². The van der Waals surface area contributed by atoms with E-state index in [0.717, 1.165) is 19.6 Å². The number of likely N-dealkylation sites (N-methyl/N-ethyl adjacent to an activating group) is 1. The maximum absolute atomic E-state index is 3.63. The van der Waals surface area contributed by atoms with E-state index in [9.17, 15) is 0 Å². The van der Waals surface area contributed by atoms with Crippen LogP contribution in [0.1, 0.15) is 32.8 Å². The summed E-state index contributed by atoms with van der Waals surface area (Å²) in [6, 6.07) is 9.04. The van der Waals surface area contributed by atoms with Crippen molar-refractivity contribution >= 4 is 15.9 Å². The van der Waals surface area contributed by atoms with Crippen molar-refractivity contribution < 1.29 is 0 Å². The van der Waals surface area contributed by atoms with Crippen molar-refractivity contribution in [1.29, 1.82) is 0 Å². The minimum absolute atomic E-state index is 0.568. The smallest absolute Gasteiger partial charge is 0.0245 e. The number of nitrogens with one attached hydrogen (secondary N) is 1. The molecule has 0 radical (unpaired) electrons. The lowest BCUT2D eigenvalue weighted by Gasteiger charge is -2.32. The zero-order chi connectivity index (χ0) is 14.3. The fourth-order valence-corrected chi connectivity index (χ4v) is 2.75. The molecule has 3 heteroatoms. The van der Waals surface area contributed by atoms with Crippen LogP contribution in [0, 0.1) is 5.92 Å². The molecular weight excluding hydrogens is 300 g/mol. The molecule has 2 nitrogen and oxygen atoms in total. The van der Waals surface area contributed by atoms with Gasteiger partial charge in [0.25, 0.3) is 0 Å². The topological polar surface area (TPSA) is 15.3 Å². The first-order valence-electron chi connectivity index (χ1n) is 7.20. The maximum atomic E-state index is 3.63. The SMILES string of the molecule is CCCNCC(C(C)C)N(C)Cc1ccccc1Br. The highest BCUT2D eigenvalue weighted by Crippen LogP contribution is 2.19. The largest absolute Gasteiger partial charge is 0.315 e. The van der Waals surface area contributed by atoms with Gasteiger partial charge in [-0.05, 0) is 37.6 Å². The van der Waals surface area contributed by atoms with E-state index in [-0.39, 0.29) is 0 Å². The lowest BCUT2D eigenvalue weighted by molar-refractivity contribution is 0.179. The van der Waals surface area contributed by atoms with E-state index >= 15 is 0 Å². The van der Waals surface area contributed by atoms with Gasteiger partial charge in [0.05, 0.1) is 0 Å². The van der Waals surface area contributed by atoms with Crippen LogP contribution in [0.2, 0.25) is 0 Å². The summed E-state index contributed by atoms with van der Waals surface area (Å²) in [5, 5.41) is 3.54. The van der Waals surface area contributed by atoms with Crippen LogP contribution in [-0.2, 0) is 6.54 Å². The molecule has 1 unspecified atom stereocenters. The number of benzene rings is 1. The van der Waals surface area contributed by atoms with E-state index < -0.39 is 0 Å². The number of hydrogen-bond donors (Lipinski definition) is 1. The molecule has 1 rings (SSSR count). The van der Waals surface area contributed by atoms with Crippen LogP contribution < -0.4 is 5.32 Å². The molecule has 0 aromatic heterocycles. The Morgan fingerprint density at radius 1 is 1.26 bits per heavy atom. The Kier molecular flexibility index (Phi) is 7.66. The second-order valence-electron chi connectivity index (χ2n) is 5.52. The van der Waals surface area contributed by atoms with Gasteiger partial charge in [0.15, 0.2) is 0 Å². The molecule has 1 atom stereocenters. The average Bonchev–Trinajstić information content (AvgIpc) is 2.37. The normalized spacial score (nSPS) is 13.2. The molecule has 0 aliphatic rings. The van der Waals surface area contributed by atoms with Crippen molar-refractivity contribution in [2.24, 2.45) is 5.92 Å². The predicted octanol–water partition coefficient (Wildman–Crippen LogP) is 3.91. The van der Waals surface area contributed by atoms with E-state index in [1.807, 2.05) is 0 Å². The molecule has 0 aliphatic heterocycles. The Morgan fingerprint density at radius 2 is 1.95 bits per heavy atom. The lowest BCUT2D eigenvalue weighted by Crippen LogP contribution is -2.43. The lowest BCUT2D eigenvalue weighted by atomic mass is 10.0. The van der Waals surface area contributed by atoms with Crippen molar-refractivity contribution in [2.45, 2.75) is 39.8 Å². The highest BCUT2D eigenvalue weighted by molar-refractivity contribution is 9.10. The van der Waals surface area contributed by atoms with E-state index in [1.54, 1.807) is 0 Å². The third-order valence-corrected chi connectivity index (χ3v) is 4.27. The quantitative estimate of drug-likeness (QED) is 0.729. The minimum Gasteiger partial charge on any atom is -0.315 e. The summed E-state index contributed by atoms with van der Waals surface area (Å²) in [4.78, 5) is 2.45. The minimum atomic E-state index is 0.568. The fraction of sp³-hybridized carbons (Fsp3) is 0.625. The molecular formula is C16H27BrN2. The predicted molar refractivity (Wildman–Crippen MR) is 87.4 cm³/mol. The molecule has 1 aromatic rings. The van der Waals surface area contributed by atoms with Gasteiger partial charge in [-0.2, -0.15) is 0 Å². The summed E-state index contributed by atoms with van der Waals surface area (Å²) in [5.74, 6) is 0.650. The summed E-state index contributed by atoms with van der Waals surface area (Å²) in [7, 11) is 2.22. The van der Waals surface area contributed by atoms with Gasteiger partial charge < -0.3 is 5.32 Å². The molecule has 0 bridgehead atoms. The zero-order valence-corrected chi connectivity index (χ0v) is 14.2. The molecule has 19 heavy (non-hydrogen) atoms. The monoisotopic (exact) mass is 326 g/mol. The molecule has 0 heterocycles. The van der Waals surface area contributed by atoms with Crippen molar-refractivity contribution in [1.82, 2.24) is 10.2 Å². The second-order valence-corrected chi connectivity index (χ2v) is 6.38. The first-order valence-corrected chi connectivity index (χ1v) is 8.00. The van der Waals surface area contributed by atoms with Crippen molar-refractivity contribution in [3.63, 3.8) is 0 Å². The van der Waals surface area contributed by atoms with E-state index in [1.165, 1.54) is 16.5 Å². The molecule has 108 valence electrons. The van der Waals surface area contributed by atoms with Crippen LogP contribution in [0.5, 0.6) is 0 Å². The summed E-state index contributed by atoms with van der Waals surface area (Å²) in [5.41, 5.74) is 1.35. The summed E-state index contributed by atoms with van der Waals surface area (Å²) < 4.78 is 1.20. The van der Waals surface area contributed by atoms with Gasteiger partial charge in [0.1, 0.15) is 0 Å². The van der Waals surface area contributed by atoms with Gasteiger partial charge >= 0.3 is 0 Å². The van der Waals surface area contributed by atoms with Crippen molar-refractivity contribution in [3.05, 3.63) is 34.3 Å². The first kappa shape index (κ1) is 16.7.